The van der Waals surface area contributed by atoms with Crippen molar-refractivity contribution in [2.75, 3.05) is 0 Å². The van der Waals surface area contributed by atoms with Gasteiger partial charge in [-0.1, -0.05) is 38.3 Å². The van der Waals surface area contributed by atoms with Crippen LogP contribution in [-0.4, -0.2) is 39.4 Å². The Labute approximate surface area is 184 Å². The van der Waals surface area contributed by atoms with Crippen LogP contribution in [-0.2, 0) is 9.53 Å². The van der Waals surface area contributed by atoms with Crippen molar-refractivity contribution in [3.8, 4) is 0 Å². The monoisotopic (exact) mass is 394 g/mol. The maximum absolute atomic E-state index is 14.5. The number of allylic oxidation sites excluding steroid dienone is 2. The van der Waals surface area contributed by atoms with E-state index < -0.39 is 23.8 Å². The molecule has 3 N–H and O–H groups in total. The Morgan fingerprint density at radius 3 is 2.85 bits per heavy atom. The number of hydrogen-bond donors (Lipinski definition) is 3. The molecule has 1 saturated heterocycles. The van der Waals surface area contributed by atoms with Crippen molar-refractivity contribution in [3.63, 3.8) is 0 Å². The molecule has 0 aromatic rings. The molecule has 0 radical (unpaired) electrons. The van der Waals surface area contributed by atoms with Crippen LogP contribution in [0.25, 0.3) is 0 Å². The number of carboxylic acid groups (broad SMARTS) is 1. The number of fused-ring (bicyclic) bond motifs is 1. The topological polar surface area (TPSA) is 87.0 Å². The standard InChI is InChI=1S/C20H31FO5.Na.H/c1-2-3-4-7-14(22)10-11-17-16-12-15(8-5-6-9-19(23)24)26-18(16)13-20(17,21)25;;/h8,10-11,14,16-18,22,25H,2-7,9,12-13H2,1H3,(H,23,24);;/q;+1;-1. The molecule has 0 amide bonds. The van der Waals surface area contributed by atoms with Crippen LogP contribution in [0.5, 0.6) is 0 Å². The number of alkyl halides is 1. The van der Waals surface area contributed by atoms with Crippen molar-refractivity contribution in [2.45, 2.75) is 82.8 Å². The number of halogens is 1. The molecular formula is C20H32FNaO5. The molecule has 5 atom stereocenters. The third-order valence-electron chi connectivity index (χ3n) is 5.29. The molecule has 150 valence electrons. The zero-order chi connectivity index (χ0) is 19.2. The van der Waals surface area contributed by atoms with Gasteiger partial charge < -0.3 is 21.5 Å². The van der Waals surface area contributed by atoms with E-state index in [0.717, 1.165) is 25.0 Å². The van der Waals surface area contributed by atoms with Crippen molar-refractivity contribution in [2.24, 2.45) is 11.8 Å². The normalized spacial score (nSPS) is 32.3. The van der Waals surface area contributed by atoms with Crippen molar-refractivity contribution in [1.29, 1.82) is 0 Å². The SMILES string of the molecule is CCCCCC(O)C=CC1C2CC(=CCCCC(=O)O)OC2CC1(O)F.[H-].[Na+]. The largest absolute Gasteiger partial charge is 1.00 e. The molecular weight excluding hydrogens is 362 g/mol. The van der Waals surface area contributed by atoms with Gasteiger partial charge >= 0.3 is 35.5 Å². The zero-order valence-electron chi connectivity index (χ0n) is 17.4. The van der Waals surface area contributed by atoms with Gasteiger partial charge in [0.2, 0.25) is 5.85 Å². The molecule has 2 rings (SSSR count). The van der Waals surface area contributed by atoms with E-state index in [-0.39, 0.29) is 55.8 Å². The van der Waals surface area contributed by atoms with E-state index in [9.17, 15) is 19.4 Å². The van der Waals surface area contributed by atoms with Crippen LogP contribution in [0.2, 0.25) is 0 Å². The van der Waals surface area contributed by atoms with Crippen LogP contribution < -0.4 is 29.6 Å². The van der Waals surface area contributed by atoms with Gasteiger partial charge in [-0.2, -0.15) is 0 Å². The number of ether oxygens (including phenoxy) is 1. The molecule has 0 aromatic carbocycles. The third kappa shape index (κ3) is 7.50. The quantitative estimate of drug-likeness (QED) is 0.290. The second kappa shape index (κ2) is 11.6. The van der Waals surface area contributed by atoms with E-state index in [1.165, 1.54) is 0 Å². The third-order valence-corrected chi connectivity index (χ3v) is 5.29. The maximum Gasteiger partial charge on any atom is 1.00 e. The Hall–Kier alpha value is -0.400. The predicted molar refractivity (Wildman–Crippen MR) is 97.1 cm³/mol. The van der Waals surface area contributed by atoms with E-state index in [2.05, 4.69) is 6.92 Å². The van der Waals surface area contributed by atoms with E-state index in [0.29, 0.717) is 25.7 Å². The molecule has 5 nitrogen and oxygen atoms in total. The fourth-order valence-electron chi connectivity index (χ4n) is 3.88. The first-order chi connectivity index (χ1) is 12.3. The molecule has 5 unspecified atom stereocenters. The molecule has 2 fully saturated rings. The van der Waals surface area contributed by atoms with E-state index in [1.54, 1.807) is 12.2 Å². The van der Waals surface area contributed by atoms with Gasteiger partial charge in [-0.05, 0) is 25.3 Å². The van der Waals surface area contributed by atoms with Gasteiger partial charge in [-0.25, -0.2) is 4.39 Å². The summed E-state index contributed by atoms with van der Waals surface area (Å²) < 4.78 is 20.3. The summed E-state index contributed by atoms with van der Waals surface area (Å²) in [6, 6.07) is 0. The van der Waals surface area contributed by atoms with Crippen molar-refractivity contribution < 1.29 is 60.2 Å². The average Bonchev–Trinajstić information content (AvgIpc) is 3.03. The molecule has 27 heavy (non-hydrogen) atoms. The van der Waals surface area contributed by atoms with Crippen LogP contribution >= 0.6 is 0 Å². The fourth-order valence-corrected chi connectivity index (χ4v) is 3.88. The van der Waals surface area contributed by atoms with Gasteiger partial charge in [-0.3, -0.25) is 4.79 Å². The summed E-state index contributed by atoms with van der Waals surface area (Å²) in [5, 5.41) is 28.7. The smallest absolute Gasteiger partial charge is 1.00 e. The minimum atomic E-state index is -2.32. The summed E-state index contributed by atoms with van der Waals surface area (Å²) in [6.07, 6.45) is 9.49. The van der Waals surface area contributed by atoms with E-state index in [4.69, 9.17) is 9.84 Å². The zero-order valence-corrected chi connectivity index (χ0v) is 18.4. The van der Waals surface area contributed by atoms with Crippen LogP contribution in [0.1, 0.15) is 66.1 Å². The summed E-state index contributed by atoms with van der Waals surface area (Å²) in [7, 11) is 0. The first kappa shape index (κ1) is 24.6. The summed E-state index contributed by atoms with van der Waals surface area (Å²) in [5.74, 6) is -3.24. The summed E-state index contributed by atoms with van der Waals surface area (Å²) in [4.78, 5) is 10.5. The van der Waals surface area contributed by atoms with Crippen molar-refractivity contribution >= 4 is 5.97 Å². The Kier molecular flexibility index (Phi) is 10.6. The van der Waals surface area contributed by atoms with Gasteiger partial charge in [0.1, 0.15) is 6.10 Å². The maximum atomic E-state index is 14.5. The number of aliphatic hydroxyl groups is 2. The average molecular weight is 394 g/mol. The van der Waals surface area contributed by atoms with Gasteiger partial charge in [0.15, 0.2) is 0 Å². The van der Waals surface area contributed by atoms with Gasteiger partial charge in [-0.15, -0.1) is 0 Å². The number of aliphatic carboxylic acids is 1. The first-order valence-corrected chi connectivity index (χ1v) is 9.68. The number of unbranched alkanes of at least 4 members (excludes halogenated alkanes) is 3. The second-order valence-corrected chi connectivity index (χ2v) is 7.48. The van der Waals surface area contributed by atoms with Crippen molar-refractivity contribution in [3.05, 3.63) is 24.0 Å². The number of rotatable bonds is 10. The Morgan fingerprint density at radius 1 is 1.44 bits per heavy atom. The summed E-state index contributed by atoms with van der Waals surface area (Å²) >= 11 is 0. The number of aliphatic hydroxyl groups excluding tert-OH is 1. The van der Waals surface area contributed by atoms with Crippen LogP contribution in [0.15, 0.2) is 24.0 Å². The Bertz CT molecular complexity index is 541. The molecule has 1 heterocycles. The number of hydrogen-bond acceptors (Lipinski definition) is 4. The minimum absolute atomic E-state index is 0. The van der Waals surface area contributed by atoms with Crippen LogP contribution in [0, 0.1) is 11.8 Å². The molecule has 2 aliphatic rings. The molecule has 1 aliphatic heterocycles. The summed E-state index contributed by atoms with van der Waals surface area (Å²) in [6.45, 7) is 2.09. The van der Waals surface area contributed by atoms with Gasteiger partial charge in [0.25, 0.3) is 0 Å². The molecule has 1 aliphatic carbocycles. The molecule has 1 saturated carbocycles. The Balaban J connectivity index is 0.00000364. The fraction of sp³-hybridized carbons (Fsp3) is 0.750. The summed E-state index contributed by atoms with van der Waals surface area (Å²) in [5.41, 5.74) is 0. The second-order valence-electron chi connectivity index (χ2n) is 7.48. The molecule has 0 spiro atoms. The predicted octanol–water partition coefficient (Wildman–Crippen LogP) is 0.822. The first-order valence-electron chi connectivity index (χ1n) is 9.68. The molecule has 0 aromatic heterocycles. The molecule has 0 bridgehead atoms. The van der Waals surface area contributed by atoms with Gasteiger partial charge in [0.05, 0.1) is 11.9 Å². The minimum Gasteiger partial charge on any atom is -1.00 e. The number of carbonyl (C=O) groups is 1. The van der Waals surface area contributed by atoms with Crippen LogP contribution in [0.3, 0.4) is 0 Å². The van der Waals surface area contributed by atoms with E-state index in [1.807, 2.05) is 6.08 Å². The molecule has 7 heteroatoms. The Morgan fingerprint density at radius 2 is 2.19 bits per heavy atom. The number of carboxylic acids is 1. The van der Waals surface area contributed by atoms with E-state index >= 15 is 0 Å². The van der Waals surface area contributed by atoms with Crippen molar-refractivity contribution in [1.82, 2.24) is 0 Å². The van der Waals surface area contributed by atoms with Gasteiger partial charge in [0, 0.05) is 31.1 Å². The van der Waals surface area contributed by atoms with Crippen LogP contribution in [0.4, 0.5) is 4.39 Å².